The SMILES string of the molecule is N/C(=C\C(=NCc1ccccc1)c1ccc(-c2ccccc2)cc1)c1cccc(-c2ccc(-c3ccc4c(c3)C3(C5=C4C=CCN5)c4ccccc4N(c4ccccc4)c4ccccc43)cc2)c1. The summed E-state index contributed by atoms with van der Waals surface area (Å²) in [5, 5.41) is 3.92. The topological polar surface area (TPSA) is 53.6 Å². The molecule has 0 atom stereocenters. The van der Waals surface area contributed by atoms with E-state index in [0.29, 0.717) is 12.2 Å². The molecule has 0 saturated heterocycles. The summed E-state index contributed by atoms with van der Waals surface area (Å²) in [6, 6.07) is 82.6. The smallest absolute Gasteiger partial charge is 0.0901 e. The van der Waals surface area contributed by atoms with Gasteiger partial charge in [-0.25, -0.2) is 0 Å². The standard InChI is InChI=1S/C64H48N4/c65-59(42-60(67-43-44-16-4-1-5-17-44)49-35-33-46(34-36-49)45-18-6-2-7-19-45)52-21-14-20-50(40-52)47-29-31-48(32-30-47)51-37-38-54-55-24-15-39-66-63(55)64(58(54)41-51)56-25-10-12-27-61(56)68(53-22-8-3-9-23-53)62-28-13-11-26-57(62)64/h1-38,40-42,66H,39,43,65H2/b59-42-,67-60?. The number of nitrogens with two attached hydrogens (primary N) is 1. The Balaban J connectivity index is 0.886. The molecule has 3 N–H and O–H groups in total. The average molecular weight is 873 g/mol. The molecule has 4 nitrogen and oxygen atoms in total. The van der Waals surface area contributed by atoms with Crippen molar-refractivity contribution >= 4 is 34.0 Å². The predicted octanol–water partition coefficient (Wildman–Crippen LogP) is 14.7. The van der Waals surface area contributed by atoms with Crippen LogP contribution in [0.2, 0.25) is 0 Å². The Hall–Kier alpha value is -8.73. The predicted molar refractivity (Wildman–Crippen MR) is 283 cm³/mol. The Bertz CT molecular complexity index is 3410. The van der Waals surface area contributed by atoms with E-state index >= 15 is 0 Å². The lowest BCUT2D eigenvalue weighted by Crippen LogP contribution is -2.41. The lowest BCUT2D eigenvalue weighted by atomic mass is 9.65. The second-order valence-electron chi connectivity index (χ2n) is 17.7. The second-order valence-corrected chi connectivity index (χ2v) is 17.7. The van der Waals surface area contributed by atoms with E-state index in [4.69, 9.17) is 10.7 Å². The number of nitrogens with zero attached hydrogens (tertiary/aromatic N) is 2. The van der Waals surface area contributed by atoms with Gasteiger partial charge in [0.1, 0.15) is 0 Å². The highest BCUT2D eigenvalue weighted by molar-refractivity contribution is 6.12. The monoisotopic (exact) mass is 872 g/mol. The molecular weight excluding hydrogens is 825 g/mol. The van der Waals surface area contributed by atoms with Crippen molar-refractivity contribution in [2.75, 3.05) is 11.4 Å². The average Bonchev–Trinajstić information content (AvgIpc) is 3.70. The number of aliphatic imine (C=N–C) groups is 1. The zero-order valence-electron chi connectivity index (χ0n) is 37.6. The van der Waals surface area contributed by atoms with Gasteiger partial charge in [-0.2, -0.15) is 0 Å². The minimum absolute atomic E-state index is 0.532. The molecule has 1 aliphatic carbocycles. The summed E-state index contributed by atoms with van der Waals surface area (Å²) in [6.45, 7) is 1.34. The van der Waals surface area contributed by atoms with Crippen molar-refractivity contribution < 1.29 is 0 Å². The van der Waals surface area contributed by atoms with E-state index in [9.17, 15) is 0 Å². The largest absolute Gasteiger partial charge is 0.398 e. The van der Waals surface area contributed by atoms with Crippen LogP contribution in [0.25, 0.3) is 44.7 Å². The van der Waals surface area contributed by atoms with Crippen LogP contribution in [0, 0.1) is 0 Å². The number of benzene rings is 9. The molecule has 3 aliphatic rings. The van der Waals surface area contributed by atoms with Crippen molar-refractivity contribution in [1.82, 2.24) is 5.32 Å². The Morgan fingerprint density at radius 2 is 1.06 bits per heavy atom. The molecule has 324 valence electrons. The van der Waals surface area contributed by atoms with Gasteiger partial charge in [-0.15, -0.1) is 0 Å². The zero-order chi connectivity index (χ0) is 45.4. The Labute approximate surface area is 398 Å². The van der Waals surface area contributed by atoms with Gasteiger partial charge in [0.05, 0.1) is 29.0 Å². The van der Waals surface area contributed by atoms with E-state index in [2.05, 4.69) is 241 Å². The number of hydrogen-bond donors (Lipinski definition) is 2. The van der Waals surface area contributed by atoms with E-state index in [-0.39, 0.29) is 0 Å². The van der Waals surface area contributed by atoms with Crippen LogP contribution in [0.1, 0.15) is 38.9 Å². The summed E-state index contributed by atoms with van der Waals surface area (Å²) in [6.07, 6.45) is 6.58. The molecule has 12 rings (SSSR count). The normalized spacial score (nSPS) is 14.5. The number of fused-ring (bicyclic) bond motifs is 8. The Morgan fingerprint density at radius 1 is 0.515 bits per heavy atom. The highest BCUT2D eigenvalue weighted by Crippen LogP contribution is 2.62. The van der Waals surface area contributed by atoms with Crippen LogP contribution in [0.3, 0.4) is 0 Å². The van der Waals surface area contributed by atoms with Crippen molar-refractivity contribution in [3.8, 4) is 33.4 Å². The molecule has 4 heteroatoms. The second kappa shape index (κ2) is 17.2. The molecule has 0 bridgehead atoms. The maximum Gasteiger partial charge on any atom is 0.0901 e. The first-order chi connectivity index (χ1) is 33.6. The van der Waals surface area contributed by atoms with E-state index in [1.807, 2.05) is 18.2 Å². The Morgan fingerprint density at radius 3 is 1.75 bits per heavy atom. The summed E-state index contributed by atoms with van der Waals surface area (Å²) in [7, 11) is 0. The van der Waals surface area contributed by atoms with Crippen LogP contribution in [-0.4, -0.2) is 12.3 Å². The third kappa shape index (κ3) is 7.06. The van der Waals surface area contributed by atoms with Gasteiger partial charge in [0, 0.05) is 29.2 Å². The number of rotatable bonds is 9. The van der Waals surface area contributed by atoms with Crippen molar-refractivity contribution in [2.45, 2.75) is 12.0 Å². The lowest BCUT2D eigenvalue weighted by Gasteiger charge is -2.46. The molecule has 0 fully saturated rings. The maximum atomic E-state index is 6.98. The molecule has 2 heterocycles. The third-order valence-corrected chi connectivity index (χ3v) is 13.8. The molecule has 0 amide bonds. The molecule has 0 aromatic heterocycles. The van der Waals surface area contributed by atoms with Crippen LogP contribution in [-0.2, 0) is 12.0 Å². The summed E-state index contributed by atoms with van der Waals surface area (Å²) >= 11 is 0. The first kappa shape index (κ1) is 40.8. The Kier molecular flexibility index (Phi) is 10.3. The van der Waals surface area contributed by atoms with Gasteiger partial charge in [0.25, 0.3) is 0 Å². The quantitative estimate of drug-likeness (QED) is 0.142. The fourth-order valence-corrected chi connectivity index (χ4v) is 10.5. The number of anilines is 3. The lowest BCUT2D eigenvalue weighted by molar-refractivity contribution is 0.659. The number of nitrogens with one attached hydrogen (secondary N) is 1. The minimum Gasteiger partial charge on any atom is -0.398 e. The molecule has 9 aromatic carbocycles. The molecule has 68 heavy (non-hydrogen) atoms. The molecular formula is C64H48N4. The van der Waals surface area contributed by atoms with Crippen molar-refractivity contribution in [3.05, 3.63) is 293 Å². The summed E-state index contributed by atoms with van der Waals surface area (Å²) in [5.41, 5.74) is 29.1. The molecule has 2 aliphatic heterocycles. The van der Waals surface area contributed by atoms with Crippen LogP contribution in [0.4, 0.5) is 17.1 Å². The number of allylic oxidation sites excluding steroid dienone is 4. The number of hydrogen-bond acceptors (Lipinski definition) is 4. The van der Waals surface area contributed by atoms with Crippen LogP contribution >= 0.6 is 0 Å². The zero-order valence-corrected chi connectivity index (χ0v) is 37.6. The molecule has 0 unspecified atom stereocenters. The van der Waals surface area contributed by atoms with E-state index in [1.54, 1.807) is 0 Å². The third-order valence-electron chi connectivity index (χ3n) is 13.8. The molecule has 0 radical (unpaired) electrons. The van der Waals surface area contributed by atoms with E-state index < -0.39 is 5.41 Å². The summed E-state index contributed by atoms with van der Waals surface area (Å²) < 4.78 is 0. The van der Waals surface area contributed by atoms with Gasteiger partial charge < -0.3 is 16.0 Å². The van der Waals surface area contributed by atoms with E-state index in [1.165, 1.54) is 56.0 Å². The highest BCUT2D eigenvalue weighted by atomic mass is 15.2. The van der Waals surface area contributed by atoms with Gasteiger partial charge in [-0.1, -0.05) is 206 Å². The minimum atomic E-state index is -0.532. The fraction of sp³-hybridized carbons (Fsp3) is 0.0469. The van der Waals surface area contributed by atoms with E-state index in [0.717, 1.165) is 56.9 Å². The van der Waals surface area contributed by atoms with Gasteiger partial charge in [0.15, 0.2) is 0 Å². The van der Waals surface area contributed by atoms with Crippen LogP contribution in [0.15, 0.2) is 259 Å². The van der Waals surface area contributed by atoms with Crippen LogP contribution < -0.4 is 16.0 Å². The van der Waals surface area contributed by atoms with Crippen LogP contribution in [0.5, 0.6) is 0 Å². The number of dihydropyridines is 1. The highest BCUT2D eigenvalue weighted by Gasteiger charge is 2.53. The number of para-hydroxylation sites is 3. The van der Waals surface area contributed by atoms with Crippen molar-refractivity contribution in [2.24, 2.45) is 10.7 Å². The van der Waals surface area contributed by atoms with Gasteiger partial charge in [-0.3, -0.25) is 4.99 Å². The van der Waals surface area contributed by atoms with Gasteiger partial charge >= 0.3 is 0 Å². The first-order valence-corrected chi connectivity index (χ1v) is 23.4. The summed E-state index contributed by atoms with van der Waals surface area (Å²) in [5.74, 6) is 0. The van der Waals surface area contributed by atoms with Crippen molar-refractivity contribution in [3.63, 3.8) is 0 Å². The van der Waals surface area contributed by atoms with Gasteiger partial charge in [0.2, 0.25) is 0 Å². The summed E-state index contributed by atoms with van der Waals surface area (Å²) in [4.78, 5) is 7.54. The maximum absolute atomic E-state index is 6.98. The first-order valence-electron chi connectivity index (χ1n) is 23.4. The fourth-order valence-electron chi connectivity index (χ4n) is 10.5. The molecule has 9 aromatic rings. The van der Waals surface area contributed by atoms with Gasteiger partial charge in [-0.05, 0) is 115 Å². The molecule has 1 spiro atoms. The van der Waals surface area contributed by atoms with Crippen molar-refractivity contribution in [1.29, 1.82) is 0 Å². The molecule has 0 saturated carbocycles.